The first kappa shape index (κ1) is 17.1. The molecule has 2 fully saturated rings. The zero-order valence-electron chi connectivity index (χ0n) is 13.7. The molecule has 2 heterocycles. The molecule has 2 aliphatic rings. The molecule has 7 nitrogen and oxygen atoms in total. The van der Waals surface area contributed by atoms with Crippen molar-refractivity contribution in [1.82, 2.24) is 10.2 Å². The van der Waals surface area contributed by atoms with Gasteiger partial charge in [0, 0.05) is 25.1 Å². The van der Waals surface area contributed by atoms with E-state index in [1.807, 2.05) is 0 Å². The number of nitrogens with zero attached hydrogens (tertiary/aromatic N) is 1. The number of rotatable bonds is 4. The molecule has 132 valence electrons. The highest BCUT2D eigenvalue weighted by Gasteiger charge is 2.31. The molecule has 0 spiro atoms. The number of amides is 3. The van der Waals surface area contributed by atoms with Crippen molar-refractivity contribution >= 4 is 23.7 Å². The molecule has 0 radical (unpaired) electrons. The van der Waals surface area contributed by atoms with E-state index in [1.54, 1.807) is 29.2 Å². The highest BCUT2D eigenvalue weighted by atomic mass is 16.4. The first-order valence-corrected chi connectivity index (χ1v) is 8.38. The quantitative estimate of drug-likeness (QED) is 0.788. The molecule has 0 saturated carbocycles. The molecule has 1 aromatic carbocycles. The van der Waals surface area contributed by atoms with Gasteiger partial charge in [0.05, 0.1) is 11.8 Å². The van der Waals surface area contributed by atoms with Crippen LogP contribution in [0, 0.1) is 11.8 Å². The summed E-state index contributed by atoms with van der Waals surface area (Å²) < 4.78 is 0. The standard InChI is InChI=1S/C18H20N2O5/c21-15-9-14(16(22)19-15)8-11-3-5-12(6-4-11)17(23)20-7-1-2-13(10-20)18(24)25/h3-6,13-14H,1-2,7-10H2,(H,24,25)(H,19,21,22). The van der Waals surface area contributed by atoms with Gasteiger partial charge in [-0.25, -0.2) is 0 Å². The lowest BCUT2D eigenvalue weighted by Crippen LogP contribution is -2.42. The molecular weight excluding hydrogens is 324 g/mol. The second kappa shape index (κ2) is 7.04. The summed E-state index contributed by atoms with van der Waals surface area (Å²) in [6.07, 6.45) is 1.94. The number of benzene rings is 1. The minimum absolute atomic E-state index is 0.175. The van der Waals surface area contributed by atoms with Crippen LogP contribution in [0.1, 0.15) is 35.2 Å². The molecule has 7 heteroatoms. The van der Waals surface area contributed by atoms with Crippen LogP contribution >= 0.6 is 0 Å². The molecular formula is C18H20N2O5. The van der Waals surface area contributed by atoms with Crippen LogP contribution < -0.4 is 5.32 Å². The van der Waals surface area contributed by atoms with Gasteiger partial charge < -0.3 is 10.0 Å². The van der Waals surface area contributed by atoms with Crippen molar-refractivity contribution in [3.8, 4) is 0 Å². The van der Waals surface area contributed by atoms with Gasteiger partial charge in [0.25, 0.3) is 5.91 Å². The zero-order chi connectivity index (χ0) is 18.0. The van der Waals surface area contributed by atoms with E-state index < -0.39 is 11.9 Å². The van der Waals surface area contributed by atoms with Gasteiger partial charge in [0.15, 0.2) is 0 Å². The number of aliphatic carboxylic acids is 1. The van der Waals surface area contributed by atoms with Crippen molar-refractivity contribution in [2.75, 3.05) is 13.1 Å². The summed E-state index contributed by atoms with van der Waals surface area (Å²) in [5, 5.41) is 11.4. The van der Waals surface area contributed by atoms with E-state index >= 15 is 0 Å². The molecule has 2 saturated heterocycles. The summed E-state index contributed by atoms with van der Waals surface area (Å²) in [5.41, 5.74) is 1.38. The Hall–Kier alpha value is -2.70. The number of nitrogens with one attached hydrogen (secondary N) is 1. The second-order valence-electron chi connectivity index (χ2n) is 6.64. The maximum absolute atomic E-state index is 12.5. The predicted octanol–water partition coefficient (Wildman–Crippen LogP) is 0.829. The fourth-order valence-corrected chi connectivity index (χ4v) is 3.39. The SMILES string of the molecule is O=C1CC(Cc2ccc(C(=O)N3CCCC(C(=O)O)C3)cc2)C(=O)N1. The molecule has 3 rings (SSSR count). The van der Waals surface area contributed by atoms with E-state index in [4.69, 9.17) is 5.11 Å². The maximum atomic E-state index is 12.5. The summed E-state index contributed by atoms with van der Waals surface area (Å²) >= 11 is 0. The Balaban J connectivity index is 1.63. The molecule has 2 aliphatic heterocycles. The van der Waals surface area contributed by atoms with Crippen LogP contribution in [0.2, 0.25) is 0 Å². The largest absolute Gasteiger partial charge is 0.481 e. The first-order valence-electron chi connectivity index (χ1n) is 8.38. The Morgan fingerprint density at radius 2 is 1.92 bits per heavy atom. The third-order valence-corrected chi connectivity index (χ3v) is 4.81. The Morgan fingerprint density at radius 1 is 1.20 bits per heavy atom. The minimum Gasteiger partial charge on any atom is -0.481 e. The van der Waals surface area contributed by atoms with Crippen LogP contribution in [0.3, 0.4) is 0 Å². The van der Waals surface area contributed by atoms with Gasteiger partial charge in [-0.05, 0) is 37.0 Å². The highest BCUT2D eigenvalue weighted by Crippen LogP contribution is 2.21. The molecule has 1 aromatic rings. The normalized spacial score (nSPS) is 23.4. The Labute approximate surface area is 145 Å². The molecule has 3 amide bonds. The van der Waals surface area contributed by atoms with Crippen LogP contribution in [-0.4, -0.2) is 46.8 Å². The number of carbonyl (C=O) groups excluding carboxylic acids is 3. The average Bonchev–Trinajstić information content (AvgIpc) is 2.92. The smallest absolute Gasteiger partial charge is 0.308 e. The Bertz CT molecular complexity index is 713. The van der Waals surface area contributed by atoms with Crippen LogP contribution in [0.15, 0.2) is 24.3 Å². The van der Waals surface area contributed by atoms with Gasteiger partial charge in [0.2, 0.25) is 11.8 Å². The van der Waals surface area contributed by atoms with Gasteiger partial charge in [-0.3, -0.25) is 24.5 Å². The van der Waals surface area contributed by atoms with Crippen LogP contribution in [-0.2, 0) is 20.8 Å². The number of hydrogen-bond donors (Lipinski definition) is 2. The highest BCUT2D eigenvalue weighted by molar-refractivity contribution is 6.03. The second-order valence-corrected chi connectivity index (χ2v) is 6.64. The predicted molar refractivity (Wildman–Crippen MR) is 87.7 cm³/mol. The van der Waals surface area contributed by atoms with Crippen molar-refractivity contribution in [2.24, 2.45) is 11.8 Å². The first-order chi connectivity index (χ1) is 11.9. The number of carboxylic acids is 1. The van der Waals surface area contributed by atoms with Crippen LogP contribution in [0.4, 0.5) is 0 Å². The molecule has 25 heavy (non-hydrogen) atoms. The van der Waals surface area contributed by atoms with E-state index in [-0.39, 0.29) is 36.6 Å². The van der Waals surface area contributed by atoms with E-state index in [9.17, 15) is 19.2 Å². The number of hydrogen-bond acceptors (Lipinski definition) is 4. The van der Waals surface area contributed by atoms with Gasteiger partial charge in [-0.2, -0.15) is 0 Å². The molecule has 2 N–H and O–H groups in total. The molecule has 2 atom stereocenters. The monoisotopic (exact) mass is 344 g/mol. The fraction of sp³-hybridized carbons (Fsp3) is 0.444. The third kappa shape index (κ3) is 3.87. The summed E-state index contributed by atoms with van der Waals surface area (Å²) in [6, 6.07) is 6.94. The van der Waals surface area contributed by atoms with Crippen molar-refractivity contribution in [3.05, 3.63) is 35.4 Å². The van der Waals surface area contributed by atoms with Gasteiger partial charge in [-0.1, -0.05) is 12.1 Å². The maximum Gasteiger partial charge on any atom is 0.308 e. The van der Waals surface area contributed by atoms with Crippen LogP contribution in [0.25, 0.3) is 0 Å². The van der Waals surface area contributed by atoms with E-state index in [2.05, 4.69) is 5.32 Å². The average molecular weight is 344 g/mol. The van der Waals surface area contributed by atoms with Crippen LogP contribution in [0.5, 0.6) is 0 Å². The molecule has 0 aliphatic carbocycles. The Morgan fingerprint density at radius 3 is 2.52 bits per heavy atom. The zero-order valence-corrected chi connectivity index (χ0v) is 13.7. The lowest BCUT2D eigenvalue weighted by atomic mass is 9.96. The number of imide groups is 1. The number of carbonyl (C=O) groups is 4. The lowest BCUT2D eigenvalue weighted by molar-refractivity contribution is -0.143. The van der Waals surface area contributed by atoms with Gasteiger partial charge in [-0.15, -0.1) is 0 Å². The third-order valence-electron chi connectivity index (χ3n) is 4.81. The molecule has 0 aromatic heterocycles. The van der Waals surface area contributed by atoms with E-state index in [1.165, 1.54) is 0 Å². The van der Waals surface area contributed by atoms with Crippen molar-refractivity contribution in [3.63, 3.8) is 0 Å². The molecule has 0 bridgehead atoms. The lowest BCUT2D eigenvalue weighted by Gasteiger charge is -2.30. The summed E-state index contributed by atoms with van der Waals surface area (Å²) in [6.45, 7) is 0.801. The summed E-state index contributed by atoms with van der Waals surface area (Å²) in [7, 11) is 0. The fourth-order valence-electron chi connectivity index (χ4n) is 3.39. The minimum atomic E-state index is -0.864. The van der Waals surface area contributed by atoms with Gasteiger partial charge >= 0.3 is 5.97 Å². The van der Waals surface area contributed by atoms with E-state index in [0.29, 0.717) is 31.4 Å². The summed E-state index contributed by atoms with van der Waals surface area (Å²) in [4.78, 5) is 48.1. The number of piperidine rings is 1. The van der Waals surface area contributed by atoms with Crippen molar-refractivity contribution < 1.29 is 24.3 Å². The van der Waals surface area contributed by atoms with Crippen molar-refractivity contribution in [2.45, 2.75) is 25.7 Å². The van der Waals surface area contributed by atoms with Crippen molar-refractivity contribution in [1.29, 1.82) is 0 Å². The number of likely N-dealkylation sites (tertiary alicyclic amines) is 1. The molecule has 2 unspecified atom stereocenters. The van der Waals surface area contributed by atoms with E-state index in [0.717, 1.165) is 5.56 Å². The summed E-state index contributed by atoms with van der Waals surface area (Å²) in [5.74, 6) is -2.40. The number of carboxylic acid groups (broad SMARTS) is 1. The topological polar surface area (TPSA) is 104 Å². The Kier molecular flexibility index (Phi) is 4.83. The van der Waals surface area contributed by atoms with Gasteiger partial charge in [0.1, 0.15) is 0 Å².